The Balaban J connectivity index is 1.29. The fraction of sp³-hybridized carbons (Fsp3) is 0.333. The predicted molar refractivity (Wildman–Crippen MR) is 170 cm³/mol. The monoisotopic (exact) mass is 626 g/mol. The van der Waals surface area contributed by atoms with Crippen molar-refractivity contribution in [2.24, 2.45) is 5.41 Å². The quantitative estimate of drug-likeness (QED) is 0.317. The van der Waals surface area contributed by atoms with Crippen molar-refractivity contribution in [2.45, 2.75) is 26.7 Å². The highest BCUT2D eigenvalue weighted by molar-refractivity contribution is 7.17. The molecule has 0 saturated carbocycles. The minimum atomic E-state index is -0.998. The molecule has 1 saturated heterocycles. The number of aryl methyl sites for hydroxylation is 1. The number of hydrogen-bond acceptors (Lipinski definition) is 9. The van der Waals surface area contributed by atoms with Crippen molar-refractivity contribution in [3.8, 4) is 23.0 Å². The SMILES string of the molecule is Cc1ccc2c(n1)Oc1nc(-c3ccc(C(=O)N(C)C)cc3)ccc1[C@@H]2C(C)(C)C(=O)Nc1ncc(C(=O)N2CCOCC2)s1. The maximum atomic E-state index is 14.0. The number of pyridine rings is 2. The van der Waals surface area contributed by atoms with Crippen LogP contribution in [0.5, 0.6) is 11.8 Å². The summed E-state index contributed by atoms with van der Waals surface area (Å²) in [6.07, 6.45) is 1.51. The molecule has 3 amide bonds. The highest BCUT2D eigenvalue weighted by atomic mass is 32.1. The van der Waals surface area contributed by atoms with Crippen LogP contribution in [0.1, 0.15) is 56.6 Å². The molecule has 1 fully saturated rings. The number of nitrogens with one attached hydrogen (secondary N) is 1. The van der Waals surface area contributed by atoms with Crippen molar-refractivity contribution in [3.63, 3.8) is 0 Å². The Bertz CT molecular complexity index is 1780. The van der Waals surface area contributed by atoms with E-state index in [0.29, 0.717) is 59.3 Å². The van der Waals surface area contributed by atoms with Crippen LogP contribution < -0.4 is 10.1 Å². The molecule has 0 aliphatic carbocycles. The molecule has 4 aromatic rings. The molecule has 1 N–H and O–H groups in total. The lowest BCUT2D eigenvalue weighted by atomic mass is 9.70. The smallest absolute Gasteiger partial charge is 0.265 e. The van der Waals surface area contributed by atoms with E-state index in [1.165, 1.54) is 11.1 Å². The summed E-state index contributed by atoms with van der Waals surface area (Å²) >= 11 is 1.15. The van der Waals surface area contributed by atoms with Gasteiger partial charge in [0.25, 0.3) is 11.8 Å². The summed E-state index contributed by atoms with van der Waals surface area (Å²) in [5.74, 6) is -0.146. The molecular formula is C33H34N6O5S. The molecule has 45 heavy (non-hydrogen) atoms. The number of carbonyl (C=O) groups is 3. The van der Waals surface area contributed by atoms with Gasteiger partial charge in [0.15, 0.2) is 5.13 Å². The third kappa shape index (κ3) is 5.90. The van der Waals surface area contributed by atoms with E-state index in [1.54, 1.807) is 31.1 Å². The average Bonchev–Trinajstić information content (AvgIpc) is 3.51. The number of ether oxygens (including phenoxy) is 2. The van der Waals surface area contributed by atoms with Gasteiger partial charge in [0.05, 0.1) is 30.5 Å². The first-order valence-electron chi connectivity index (χ1n) is 14.7. The standard InChI is InChI=1S/C33H34N6O5S/c1-19-6-11-22-26(33(2,3)31(42)37-32-34-18-25(45-32)30(41)39-14-16-43-17-15-39)23-12-13-24(36-28(23)44-27(22)35-19)20-7-9-21(10-8-20)29(40)38(4)5/h6-13,18,26H,14-17H2,1-5H3,(H,34,37,42)/t26-/m1/s1. The van der Waals surface area contributed by atoms with Crippen molar-refractivity contribution in [1.82, 2.24) is 24.8 Å². The number of carbonyl (C=O) groups excluding carboxylic acids is 3. The summed E-state index contributed by atoms with van der Waals surface area (Å²) in [5, 5.41) is 3.30. The van der Waals surface area contributed by atoms with Crippen molar-refractivity contribution in [3.05, 3.63) is 82.0 Å². The van der Waals surface area contributed by atoms with Gasteiger partial charge in [-0.05, 0) is 31.2 Å². The van der Waals surface area contributed by atoms with Crippen molar-refractivity contribution < 1.29 is 23.9 Å². The van der Waals surface area contributed by atoms with Crippen LogP contribution in [-0.4, -0.2) is 82.9 Å². The Hall–Kier alpha value is -4.68. The van der Waals surface area contributed by atoms with Gasteiger partial charge in [-0.15, -0.1) is 0 Å². The minimum absolute atomic E-state index is 0.0812. The molecule has 5 heterocycles. The van der Waals surface area contributed by atoms with Crippen LogP contribution in [0.15, 0.2) is 54.7 Å². The number of anilines is 1. The van der Waals surface area contributed by atoms with E-state index in [0.717, 1.165) is 33.7 Å². The zero-order valence-electron chi connectivity index (χ0n) is 25.8. The molecule has 0 unspecified atom stereocenters. The molecule has 1 aromatic carbocycles. The highest BCUT2D eigenvalue weighted by Crippen LogP contribution is 2.51. The van der Waals surface area contributed by atoms with Crippen LogP contribution in [0.4, 0.5) is 5.13 Å². The molecule has 2 aliphatic heterocycles. The molecule has 0 radical (unpaired) electrons. The second-order valence-electron chi connectivity index (χ2n) is 11.9. The summed E-state index contributed by atoms with van der Waals surface area (Å²) in [6, 6.07) is 14.9. The third-order valence-corrected chi connectivity index (χ3v) is 9.01. The molecule has 2 aliphatic rings. The zero-order valence-corrected chi connectivity index (χ0v) is 26.6. The van der Waals surface area contributed by atoms with Crippen LogP contribution in [0.2, 0.25) is 0 Å². The molecule has 11 nitrogen and oxygen atoms in total. The van der Waals surface area contributed by atoms with E-state index >= 15 is 0 Å². The topological polar surface area (TPSA) is 127 Å². The first-order chi connectivity index (χ1) is 21.5. The van der Waals surface area contributed by atoms with E-state index < -0.39 is 11.3 Å². The lowest BCUT2D eigenvalue weighted by Gasteiger charge is -2.37. The summed E-state index contributed by atoms with van der Waals surface area (Å²) in [6.45, 7) is 7.68. The first kappa shape index (κ1) is 30.4. The number of amides is 3. The van der Waals surface area contributed by atoms with Crippen molar-refractivity contribution >= 4 is 34.2 Å². The second kappa shape index (κ2) is 12.0. The fourth-order valence-corrected chi connectivity index (χ4v) is 6.36. The number of morpholine rings is 1. The number of rotatable bonds is 6. The van der Waals surface area contributed by atoms with Gasteiger partial charge in [-0.25, -0.2) is 15.0 Å². The van der Waals surface area contributed by atoms with Crippen LogP contribution in [-0.2, 0) is 9.53 Å². The van der Waals surface area contributed by atoms with Gasteiger partial charge in [0, 0.05) is 61.1 Å². The van der Waals surface area contributed by atoms with Gasteiger partial charge in [-0.1, -0.05) is 49.4 Å². The molecule has 3 aromatic heterocycles. The largest absolute Gasteiger partial charge is 0.420 e. The van der Waals surface area contributed by atoms with Crippen molar-refractivity contribution in [1.29, 1.82) is 0 Å². The molecule has 12 heteroatoms. The predicted octanol–water partition coefficient (Wildman–Crippen LogP) is 4.99. The van der Waals surface area contributed by atoms with Gasteiger partial charge < -0.3 is 24.6 Å². The molecule has 1 atom stereocenters. The van der Waals surface area contributed by atoms with Gasteiger partial charge in [0.2, 0.25) is 17.7 Å². The summed E-state index contributed by atoms with van der Waals surface area (Å²) in [7, 11) is 3.43. The lowest BCUT2D eigenvalue weighted by molar-refractivity contribution is -0.124. The van der Waals surface area contributed by atoms with Crippen LogP contribution >= 0.6 is 11.3 Å². The molecule has 232 valence electrons. The van der Waals surface area contributed by atoms with E-state index in [9.17, 15) is 14.4 Å². The van der Waals surface area contributed by atoms with Crippen LogP contribution in [0, 0.1) is 12.3 Å². The Morgan fingerprint density at radius 1 is 0.956 bits per heavy atom. The van der Waals surface area contributed by atoms with E-state index in [2.05, 4.69) is 15.3 Å². The number of benzene rings is 1. The second-order valence-corrected chi connectivity index (χ2v) is 12.9. The van der Waals surface area contributed by atoms with E-state index in [-0.39, 0.29) is 17.7 Å². The minimum Gasteiger partial charge on any atom is -0.420 e. The summed E-state index contributed by atoms with van der Waals surface area (Å²) < 4.78 is 11.6. The van der Waals surface area contributed by atoms with Crippen LogP contribution in [0.25, 0.3) is 11.3 Å². The zero-order chi connectivity index (χ0) is 31.9. The van der Waals surface area contributed by atoms with Gasteiger partial charge >= 0.3 is 0 Å². The Labute approximate surface area is 265 Å². The normalized spacial score (nSPS) is 15.8. The highest BCUT2D eigenvalue weighted by Gasteiger charge is 2.45. The first-order valence-corrected chi connectivity index (χ1v) is 15.5. The third-order valence-electron chi connectivity index (χ3n) is 8.11. The summed E-state index contributed by atoms with van der Waals surface area (Å²) in [5.41, 5.74) is 3.36. The number of thiazole rings is 1. The molecular weight excluding hydrogens is 592 g/mol. The Morgan fingerprint density at radius 3 is 2.31 bits per heavy atom. The molecule has 0 bridgehead atoms. The van der Waals surface area contributed by atoms with Gasteiger partial charge in [-0.3, -0.25) is 14.4 Å². The fourth-order valence-electron chi connectivity index (χ4n) is 5.58. The van der Waals surface area contributed by atoms with Crippen LogP contribution in [0.3, 0.4) is 0 Å². The number of nitrogens with zero attached hydrogens (tertiary/aromatic N) is 5. The van der Waals surface area contributed by atoms with E-state index in [1.807, 2.05) is 57.2 Å². The molecule has 0 spiro atoms. The maximum Gasteiger partial charge on any atom is 0.265 e. The number of aromatic nitrogens is 3. The Kier molecular flexibility index (Phi) is 8.10. The van der Waals surface area contributed by atoms with Gasteiger partial charge in [-0.2, -0.15) is 0 Å². The lowest BCUT2D eigenvalue weighted by Crippen LogP contribution is -2.40. The van der Waals surface area contributed by atoms with Crippen molar-refractivity contribution in [2.75, 3.05) is 45.7 Å². The van der Waals surface area contributed by atoms with E-state index in [4.69, 9.17) is 14.5 Å². The van der Waals surface area contributed by atoms with Gasteiger partial charge in [0.1, 0.15) is 4.88 Å². The maximum absolute atomic E-state index is 14.0. The molecule has 6 rings (SSSR count). The number of fused-ring (bicyclic) bond motifs is 2. The summed E-state index contributed by atoms with van der Waals surface area (Å²) in [4.78, 5) is 56.8. The Morgan fingerprint density at radius 2 is 1.62 bits per heavy atom. The average molecular weight is 627 g/mol. The number of hydrogen-bond donors (Lipinski definition) is 1.